The minimum atomic E-state index is -4.61. The number of hydrogen-bond donors (Lipinski definition) is 4. The van der Waals surface area contributed by atoms with Crippen molar-refractivity contribution in [2.24, 2.45) is 0 Å². The molecule has 1 unspecified atom stereocenters. The van der Waals surface area contributed by atoms with E-state index in [1.165, 1.54) is 11.1 Å². The van der Waals surface area contributed by atoms with E-state index in [0.717, 1.165) is 31.3 Å². The molecule has 0 radical (unpaired) electrons. The first kappa shape index (κ1) is 25.5. The van der Waals surface area contributed by atoms with Gasteiger partial charge in [0.1, 0.15) is 6.35 Å². The van der Waals surface area contributed by atoms with Crippen LogP contribution in [0.1, 0.15) is 59.8 Å². The highest BCUT2D eigenvalue weighted by molar-refractivity contribution is 7.53. The second kappa shape index (κ2) is 12.0. The third-order valence-corrected chi connectivity index (χ3v) is 5.20. The molecule has 0 spiro atoms. The topological polar surface area (TPSA) is 124 Å². The molecule has 0 heterocycles. The molecular formula is C17H32O7P2. The molecular weight excluding hydrogens is 378 g/mol. The quantitative estimate of drug-likeness (QED) is 0.277. The zero-order chi connectivity index (χ0) is 20.4. The smallest absolute Gasteiger partial charge is 0.353 e. The summed E-state index contributed by atoms with van der Waals surface area (Å²) in [6.07, 6.45) is 8.48. The molecule has 0 bridgehead atoms. The van der Waals surface area contributed by atoms with Gasteiger partial charge in [-0.3, -0.25) is 9.13 Å². The molecule has 0 saturated heterocycles. The predicted molar refractivity (Wildman–Crippen MR) is 104 cm³/mol. The monoisotopic (exact) mass is 410 g/mol. The van der Waals surface area contributed by atoms with E-state index in [1.807, 2.05) is 6.92 Å². The molecule has 0 rings (SSSR count). The molecule has 7 nitrogen and oxygen atoms in total. The van der Waals surface area contributed by atoms with Gasteiger partial charge in [-0.05, 0) is 53.4 Å². The van der Waals surface area contributed by atoms with E-state index < -0.39 is 27.4 Å². The van der Waals surface area contributed by atoms with Crippen LogP contribution in [0.15, 0.2) is 34.9 Å². The third kappa shape index (κ3) is 14.6. The Morgan fingerprint density at radius 3 is 1.85 bits per heavy atom. The number of ether oxygens (including phenoxy) is 1. The van der Waals surface area contributed by atoms with Crippen molar-refractivity contribution in [3.05, 3.63) is 34.9 Å². The summed E-state index contributed by atoms with van der Waals surface area (Å²) in [7, 11) is -9.09. The highest BCUT2D eigenvalue weighted by atomic mass is 31.2. The van der Waals surface area contributed by atoms with Crippen LogP contribution in [0.25, 0.3) is 0 Å². The summed E-state index contributed by atoms with van der Waals surface area (Å²) in [4.78, 5) is 36.0. The Kier molecular flexibility index (Phi) is 11.8. The fourth-order valence-corrected chi connectivity index (χ4v) is 3.27. The lowest BCUT2D eigenvalue weighted by Gasteiger charge is -2.18. The van der Waals surface area contributed by atoms with Gasteiger partial charge in [-0.15, -0.1) is 0 Å². The molecule has 26 heavy (non-hydrogen) atoms. The molecule has 9 heteroatoms. The van der Waals surface area contributed by atoms with Crippen LogP contribution in [0.4, 0.5) is 0 Å². The van der Waals surface area contributed by atoms with Crippen LogP contribution >= 0.6 is 15.2 Å². The molecule has 0 aliphatic carbocycles. The largest absolute Gasteiger partial charge is 0.354 e. The molecule has 1 atom stereocenters. The van der Waals surface area contributed by atoms with E-state index in [1.54, 1.807) is 6.08 Å². The normalized spacial score (nSPS) is 15.1. The predicted octanol–water partition coefficient (Wildman–Crippen LogP) is 4.45. The zero-order valence-electron chi connectivity index (χ0n) is 16.0. The van der Waals surface area contributed by atoms with Crippen molar-refractivity contribution in [2.45, 2.75) is 65.6 Å². The van der Waals surface area contributed by atoms with Crippen LogP contribution in [0, 0.1) is 0 Å². The van der Waals surface area contributed by atoms with Gasteiger partial charge in [0, 0.05) is 6.42 Å². The maximum atomic E-state index is 11.4. The van der Waals surface area contributed by atoms with E-state index >= 15 is 0 Å². The van der Waals surface area contributed by atoms with Gasteiger partial charge in [0.15, 0.2) is 5.85 Å². The standard InChI is InChI=1S/C17H32O7P2/c1-14(2)7-5-8-15(3)9-6-10-16(4)11-12-17(26(21,22)23)24-13-25(18,19)20/h7,9,11,17H,5-6,8,10,12-13H2,1-4H3,(H2,18,19,20)(H2,21,22,23)/b15-9+,16-11-. The number of rotatable bonds is 12. The Labute approximate surface area is 156 Å². The number of hydrogen-bond acceptors (Lipinski definition) is 3. The lowest BCUT2D eigenvalue weighted by Crippen LogP contribution is -2.13. The maximum absolute atomic E-state index is 11.4. The van der Waals surface area contributed by atoms with Crippen molar-refractivity contribution < 1.29 is 33.4 Å². The van der Waals surface area contributed by atoms with Crippen molar-refractivity contribution in [2.75, 3.05) is 6.35 Å². The average Bonchev–Trinajstić information content (AvgIpc) is 2.44. The molecule has 0 amide bonds. The van der Waals surface area contributed by atoms with E-state index in [4.69, 9.17) is 14.5 Å². The molecule has 0 aromatic rings. The van der Waals surface area contributed by atoms with Crippen LogP contribution < -0.4 is 0 Å². The van der Waals surface area contributed by atoms with Crippen molar-refractivity contribution in [1.82, 2.24) is 0 Å². The van der Waals surface area contributed by atoms with Gasteiger partial charge in [-0.2, -0.15) is 0 Å². The van der Waals surface area contributed by atoms with E-state index in [0.29, 0.717) is 0 Å². The van der Waals surface area contributed by atoms with Gasteiger partial charge in [0.05, 0.1) is 0 Å². The summed E-state index contributed by atoms with van der Waals surface area (Å²) >= 11 is 0. The van der Waals surface area contributed by atoms with Crippen LogP contribution in [0.2, 0.25) is 0 Å². The highest BCUT2D eigenvalue weighted by Crippen LogP contribution is 2.46. The summed E-state index contributed by atoms with van der Waals surface area (Å²) in [5.74, 6) is -1.55. The SMILES string of the molecule is CC(C)=CCC/C(C)=C/CC/C(C)=C\CC(OCP(=O)(O)O)P(=O)(O)O. The Hall–Kier alpha value is -0.520. The van der Waals surface area contributed by atoms with Gasteiger partial charge in [0.2, 0.25) is 0 Å². The third-order valence-electron chi connectivity index (χ3n) is 3.60. The van der Waals surface area contributed by atoms with Crippen molar-refractivity contribution in [3.63, 3.8) is 0 Å². The van der Waals surface area contributed by atoms with Crippen molar-refractivity contribution >= 4 is 15.2 Å². The molecule has 0 aromatic heterocycles. The summed E-state index contributed by atoms with van der Waals surface area (Å²) < 4.78 is 26.9. The first-order valence-electron chi connectivity index (χ1n) is 8.47. The van der Waals surface area contributed by atoms with Gasteiger partial charge < -0.3 is 24.3 Å². The van der Waals surface area contributed by atoms with E-state index in [2.05, 4.69) is 32.9 Å². The summed E-state index contributed by atoms with van der Waals surface area (Å²) in [6.45, 7) is 8.08. The van der Waals surface area contributed by atoms with Crippen LogP contribution in [-0.2, 0) is 13.9 Å². The van der Waals surface area contributed by atoms with E-state index in [-0.39, 0.29) is 6.42 Å². The minimum Gasteiger partial charge on any atom is -0.353 e. The minimum absolute atomic E-state index is 0.0978. The summed E-state index contributed by atoms with van der Waals surface area (Å²) in [6, 6.07) is 0. The first-order valence-corrected chi connectivity index (χ1v) is 11.9. The van der Waals surface area contributed by atoms with E-state index in [9.17, 15) is 18.9 Å². The summed E-state index contributed by atoms with van der Waals surface area (Å²) in [5.41, 5.74) is 3.54. The van der Waals surface area contributed by atoms with Crippen LogP contribution in [0.5, 0.6) is 0 Å². The highest BCUT2D eigenvalue weighted by Gasteiger charge is 2.31. The molecule has 4 N–H and O–H groups in total. The van der Waals surface area contributed by atoms with Crippen molar-refractivity contribution in [3.8, 4) is 0 Å². The van der Waals surface area contributed by atoms with Gasteiger partial charge in [0.25, 0.3) is 0 Å². The first-order chi connectivity index (χ1) is 11.8. The molecule has 0 aromatic carbocycles. The Balaban J connectivity index is 4.52. The van der Waals surface area contributed by atoms with Crippen LogP contribution in [-0.4, -0.2) is 31.8 Å². The Bertz CT molecular complexity index is 607. The molecule has 0 fully saturated rings. The Morgan fingerprint density at radius 2 is 1.38 bits per heavy atom. The van der Waals surface area contributed by atoms with Gasteiger partial charge in [-0.25, -0.2) is 0 Å². The summed E-state index contributed by atoms with van der Waals surface area (Å²) in [5, 5.41) is 0. The second-order valence-corrected chi connectivity index (χ2v) is 10.0. The molecule has 0 saturated carbocycles. The van der Waals surface area contributed by atoms with Crippen LogP contribution in [0.3, 0.4) is 0 Å². The maximum Gasteiger partial charge on any atom is 0.354 e. The number of allylic oxidation sites excluding steroid dienone is 5. The molecule has 152 valence electrons. The zero-order valence-corrected chi connectivity index (χ0v) is 17.7. The molecule has 0 aliphatic heterocycles. The van der Waals surface area contributed by atoms with Gasteiger partial charge >= 0.3 is 15.2 Å². The average molecular weight is 410 g/mol. The van der Waals surface area contributed by atoms with Gasteiger partial charge in [-0.1, -0.05) is 34.9 Å². The lowest BCUT2D eigenvalue weighted by molar-refractivity contribution is 0.109. The second-order valence-electron chi connectivity index (χ2n) is 6.70. The fraction of sp³-hybridized carbons (Fsp3) is 0.647. The molecule has 0 aliphatic rings. The lowest BCUT2D eigenvalue weighted by atomic mass is 10.1. The Morgan fingerprint density at radius 1 is 0.885 bits per heavy atom. The fourth-order valence-electron chi connectivity index (χ4n) is 2.13. The van der Waals surface area contributed by atoms with Crippen molar-refractivity contribution in [1.29, 1.82) is 0 Å².